The van der Waals surface area contributed by atoms with Gasteiger partial charge in [0, 0.05) is 6.54 Å². The summed E-state index contributed by atoms with van der Waals surface area (Å²) >= 11 is 6.00. The van der Waals surface area contributed by atoms with Crippen LogP contribution in [-0.4, -0.2) is 19.3 Å². The zero-order chi connectivity index (χ0) is 13.4. The Morgan fingerprint density at radius 1 is 1.33 bits per heavy atom. The van der Waals surface area contributed by atoms with Gasteiger partial charge in [-0.05, 0) is 39.3 Å². The van der Waals surface area contributed by atoms with Crippen LogP contribution in [0.4, 0.5) is 0 Å². The summed E-state index contributed by atoms with van der Waals surface area (Å²) in [5.74, 6) is 1.22. The van der Waals surface area contributed by atoms with Crippen LogP contribution in [0, 0.1) is 20.8 Å². The molecular weight excluding hydrogens is 252 g/mol. The van der Waals surface area contributed by atoms with Crippen molar-refractivity contribution in [1.82, 2.24) is 19.3 Å². The van der Waals surface area contributed by atoms with Gasteiger partial charge in [0.2, 0.25) is 0 Å². The summed E-state index contributed by atoms with van der Waals surface area (Å²) in [5.41, 5.74) is 1.34. The molecule has 2 heterocycles. The normalized spacial score (nSPS) is 10.9. The van der Waals surface area contributed by atoms with Gasteiger partial charge in [0.15, 0.2) is 5.82 Å². The third-order valence-corrected chi connectivity index (χ3v) is 3.26. The summed E-state index contributed by atoms with van der Waals surface area (Å²) in [7, 11) is 0. The molecule has 0 unspecified atom stereocenters. The lowest BCUT2D eigenvalue weighted by atomic mass is 10.2. The molecule has 0 aliphatic carbocycles. The highest BCUT2D eigenvalue weighted by Gasteiger charge is 2.14. The minimum Gasteiger partial charge on any atom is -0.279 e. The molecule has 0 amide bonds. The van der Waals surface area contributed by atoms with E-state index in [0.29, 0.717) is 28.9 Å². The minimum atomic E-state index is -0.174. The van der Waals surface area contributed by atoms with Crippen molar-refractivity contribution in [3.63, 3.8) is 0 Å². The second-order valence-corrected chi connectivity index (χ2v) is 4.59. The highest BCUT2D eigenvalue weighted by atomic mass is 35.5. The summed E-state index contributed by atoms with van der Waals surface area (Å²) in [6, 6.07) is 1.80. The van der Waals surface area contributed by atoms with Gasteiger partial charge in [0.1, 0.15) is 5.82 Å². The highest BCUT2D eigenvalue weighted by Crippen LogP contribution is 2.18. The van der Waals surface area contributed by atoms with E-state index in [1.165, 1.54) is 4.68 Å². The first kappa shape index (κ1) is 12.8. The maximum atomic E-state index is 12.2. The molecule has 5 nitrogen and oxygen atoms in total. The number of nitrogens with zero attached hydrogens (tertiary/aromatic N) is 4. The monoisotopic (exact) mass is 266 g/mol. The molecule has 0 fully saturated rings. The van der Waals surface area contributed by atoms with Gasteiger partial charge in [-0.15, -0.1) is 5.10 Å². The number of halogens is 1. The second kappa shape index (κ2) is 4.57. The predicted octanol–water partition coefficient (Wildman–Crippen LogP) is 2.03. The van der Waals surface area contributed by atoms with Crippen LogP contribution in [0.25, 0.3) is 5.82 Å². The van der Waals surface area contributed by atoms with Gasteiger partial charge in [-0.2, -0.15) is 4.68 Å². The van der Waals surface area contributed by atoms with Crippen LogP contribution in [-0.2, 0) is 6.54 Å². The van der Waals surface area contributed by atoms with E-state index in [0.717, 1.165) is 5.56 Å². The van der Waals surface area contributed by atoms with Gasteiger partial charge < -0.3 is 0 Å². The fourth-order valence-corrected chi connectivity index (χ4v) is 2.08. The number of aromatic nitrogens is 4. The Morgan fingerprint density at radius 2 is 2.00 bits per heavy atom. The molecule has 18 heavy (non-hydrogen) atoms. The van der Waals surface area contributed by atoms with Crippen LogP contribution in [0.15, 0.2) is 10.9 Å². The van der Waals surface area contributed by atoms with E-state index in [-0.39, 0.29) is 5.69 Å². The van der Waals surface area contributed by atoms with Crippen molar-refractivity contribution in [3.8, 4) is 5.82 Å². The van der Waals surface area contributed by atoms with E-state index < -0.39 is 0 Å². The van der Waals surface area contributed by atoms with Gasteiger partial charge in [-0.1, -0.05) is 11.6 Å². The molecule has 0 saturated heterocycles. The van der Waals surface area contributed by atoms with Crippen LogP contribution >= 0.6 is 11.6 Å². The lowest BCUT2D eigenvalue weighted by Gasteiger charge is -2.06. The molecule has 2 aromatic heterocycles. The first-order valence-electron chi connectivity index (χ1n) is 5.76. The van der Waals surface area contributed by atoms with Crippen LogP contribution in [0.1, 0.15) is 24.0 Å². The Labute approximate surface area is 110 Å². The smallest absolute Gasteiger partial charge is 0.279 e. The SMILES string of the molecule is CCn1c(C)nn(-c2nc(C)c(Cl)cc2C)c1=O. The first-order valence-corrected chi connectivity index (χ1v) is 6.14. The quantitative estimate of drug-likeness (QED) is 0.836. The number of hydrogen-bond donors (Lipinski definition) is 0. The molecule has 6 heteroatoms. The van der Waals surface area contributed by atoms with Crippen molar-refractivity contribution in [2.75, 3.05) is 0 Å². The Bertz CT molecular complexity index is 657. The maximum Gasteiger partial charge on any atom is 0.352 e. The lowest BCUT2D eigenvalue weighted by Crippen LogP contribution is -2.25. The predicted molar refractivity (Wildman–Crippen MR) is 70.5 cm³/mol. The molecule has 0 spiro atoms. The molecule has 0 aliphatic heterocycles. The Hall–Kier alpha value is -1.62. The second-order valence-electron chi connectivity index (χ2n) is 4.18. The zero-order valence-electron chi connectivity index (χ0n) is 10.9. The Balaban J connectivity index is 2.70. The van der Waals surface area contributed by atoms with Crippen LogP contribution < -0.4 is 5.69 Å². The zero-order valence-corrected chi connectivity index (χ0v) is 11.6. The van der Waals surface area contributed by atoms with E-state index in [1.54, 1.807) is 24.5 Å². The van der Waals surface area contributed by atoms with Crippen molar-refractivity contribution in [3.05, 3.63) is 38.7 Å². The number of pyridine rings is 1. The van der Waals surface area contributed by atoms with Crippen molar-refractivity contribution in [2.45, 2.75) is 34.2 Å². The summed E-state index contributed by atoms with van der Waals surface area (Å²) in [4.78, 5) is 16.5. The van der Waals surface area contributed by atoms with Crippen molar-refractivity contribution in [2.24, 2.45) is 0 Å². The molecular formula is C12H15ClN4O. The van der Waals surface area contributed by atoms with Gasteiger partial charge in [-0.3, -0.25) is 4.57 Å². The van der Waals surface area contributed by atoms with Gasteiger partial charge in [-0.25, -0.2) is 9.78 Å². The van der Waals surface area contributed by atoms with E-state index in [1.807, 2.05) is 13.8 Å². The molecule has 96 valence electrons. The summed E-state index contributed by atoms with van der Waals surface area (Å²) in [6.07, 6.45) is 0. The number of hydrogen-bond acceptors (Lipinski definition) is 3. The van der Waals surface area contributed by atoms with E-state index in [4.69, 9.17) is 11.6 Å². The van der Waals surface area contributed by atoms with Crippen LogP contribution in [0.2, 0.25) is 5.02 Å². The number of rotatable bonds is 2. The minimum absolute atomic E-state index is 0.174. The standard InChI is InChI=1S/C12H15ClN4O/c1-5-16-9(4)15-17(12(16)18)11-7(2)6-10(13)8(3)14-11/h6H,5H2,1-4H3. The molecule has 2 rings (SSSR count). The average Bonchev–Trinajstić information content (AvgIpc) is 2.59. The van der Waals surface area contributed by atoms with Crippen LogP contribution in [0.5, 0.6) is 0 Å². The molecule has 0 saturated carbocycles. The fraction of sp³-hybridized carbons (Fsp3) is 0.417. The van der Waals surface area contributed by atoms with E-state index in [2.05, 4.69) is 10.1 Å². The lowest BCUT2D eigenvalue weighted by molar-refractivity contribution is 0.692. The number of aryl methyl sites for hydroxylation is 3. The molecule has 0 N–H and O–H groups in total. The Kier molecular flexibility index (Phi) is 3.26. The van der Waals surface area contributed by atoms with Crippen molar-refractivity contribution in [1.29, 1.82) is 0 Å². The maximum absolute atomic E-state index is 12.2. The van der Waals surface area contributed by atoms with Crippen LogP contribution in [0.3, 0.4) is 0 Å². The molecule has 0 bridgehead atoms. The van der Waals surface area contributed by atoms with E-state index in [9.17, 15) is 4.79 Å². The summed E-state index contributed by atoms with van der Waals surface area (Å²) in [6.45, 7) is 7.98. The van der Waals surface area contributed by atoms with Crippen molar-refractivity contribution >= 4 is 11.6 Å². The molecule has 2 aromatic rings. The largest absolute Gasteiger partial charge is 0.352 e. The Morgan fingerprint density at radius 3 is 2.56 bits per heavy atom. The molecule has 0 atom stereocenters. The molecule has 0 aliphatic rings. The third-order valence-electron chi connectivity index (χ3n) is 2.88. The van der Waals surface area contributed by atoms with Gasteiger partial charge >= 0.3 is 5.69 Å². The fourth-order valence-electron chi connectivity index (χ4n) is 1.87. The van der Waals surface area contributed by atoms with Crippen molar-refractivity contribution < 1.29 is 0 Å². The topological polar surface area (TPSA) is 52.7 Å². The third kappa shape index (κ3) is 1.95. The van der Waals surface area contributed by atoms with E-state index >= 15 is 0 Å². The molecule has 0 aromatic carbocycles. The summed E-state index contributed by atoms with van der Waals surface area (Å²) in [5, 5.41) is 4.84. The first-order chi connectivity index (χ1) is 8.45. The van der Waals surface area contributed by atoms with Gasteiger partial charge in [0.25, 0.3) is 0 Å². The average molecular weight is 267 g/mol. The highest BCUT2D eigenvalue weighted by molar-refractivity contribution is 6.31. The molecule has 0 radical (unpaired) electrons. The van der Waals surface area contributed by atoms with Gasteiger partial charge in [0.05, 0.1) is 10.7 Å². The summed E-state index contributed by atoms with van der Waals surface area (Å²) < 4.78 is 2.93.